The van der Waals surface area contributed by atoms with Gasteiger partial charge in [0.1, 0.15) is 11.6 Å². The minimum Gasteiger partial charge on any atom is -0.333 e. The van der Waals surface area contributed by atoms with Crippen molar-refractivity contribution in [3.05, 3.63) is 53.1 Å². The Bertz CT molecular complexity index is 544. The van der Waals surface area contributed by atoms with E-state index in [4.69, 9.17) is 0 Å². The van der Waals surface area contributed by atoms with Crippen LogP contribution in [0.2, 0.25) is 0 Å². The van der Waals surface area contributed by atoms with Gasteiger partial charge in [0.15, 0.2) is 0 Å². The fraction of sp³-hybridized carbons (Fsp3) is 0.357. The zero-order valence-electron chi connectivity index (χ0n) is 11.1. The van der Waals surface area contributed by atoms with E-state index in [1.54, 1.807) is 6.33 Å². The van der Waals surface area contributed by atoms with E-state index in [9.17, 15) is 8.78 Å². The van der Waals surface area contributed by atoms with Gasteiger partial charge in [-0.1, -0.05) is 6.07 Å². The summed E-state index contributed by atoms with van der Waals surface area (Å²) in [6, 6.07) is 3.90. The third kappa shape index (κ3) is 3.17. The highest BCUT2D eigenvalue weighted by Gasteiger charge is 2.07. The number of imidazole rings is 1. The summed E-state index contributed by atoms with van der Waals surface area (Å²) in [5.74, 6) is -1.02. The summed E-state index contributed by atoms with van der Waals surface area (Å²) in [6.07, 6.45) is 1.77. The van der Waals surface area contributed by atoms with Crippen molar-refractivity contribution in [1.82, 2.24) is 14.9 Å². The lowest BCUT2D eigenvalue weighted by Gasteiger charge is -2.09. The van der Waals surface area contributed by atoms with Crippen molar-refractivity contribution in [2.24, 2.45) is 0 Å². The van der Waals surface area contributed by atoms with E-state index < -0.39 is 11.6 Å². The molecule has 0 aliphatic heterocycles. The largest absolute Gasteiger partial charge is 0.333 e. The summed E-state index contributed by atoms with van der Waals surface area (Å²) in [5.41, 5.74) is 2.19. The molecule has 102 valence electrons. The van der Waals surface area contributed by atoms with E-state index in [-0.39, 0.29) is 12.1 Å². The molecule has 0 fully saturated rings. The third-order valence-electron chi connectivity index (χ3n) is 3.24. The molecule has 2 aromatic rings. The molecule has 0 saturated carbocycles. The molecule has 0 aliphatic carbocycles. The first kappa shape index (κ1) is 13.7. The molecule has 19 heavy (non-hydrogen) atoms. The number of aromatic nitrogens is 2. The molecule has 1 aromatic heterocycles. The predicted octanol–water partition coefficient (Wildman–Crippen LogP) is 2.57. The maximum absolute atomic E-state index is 13.4. The Morgan fingerprint density at radius 1 is 1.21 bits per heavy atom. The molecule has 1 N–H and O–H groups in total. The van der Waals surface area contributed by atoms with Crippen molar-refractivity contribution in [2.45, 2.75) is 26.9 Å². The van der Waals surface area contributed by atoms with Gasteiger partial charge in [-0.05, 0) is 26.0 Å². The summed E-state index contributed by atoms with van der Waals surface area (Å²) in [7, 11) is 0. The maximum atomic E-state index is 13.4. The first-order chi connectivity index (χ1) is 9.09. The molecule has 1 aromatic carbocycles. The highest BCUT2D eigenvalue weighted by Crippen LogP contribution is 2.11. The molecule has 0 bridgehead atoms. The van der Waals surface area contributed by atoms with Gasteiger partial charge in [0.2, 0.25) is 0 Å². The minimum absolute atomic E-state index is 0.0843. The summed E-state index contributed by atoms with van der Waals surface area (Å²) in [5, 5.41) is 3.04. The van der Waals surface area contributed by atoms with Crippen LogP contribution in [0, 0.1) is 25.5 Å². The number of hydrogen-bond acceptors (Lipinski definition) is 2. The van der Waals surface area contributed by atoms with Crippen molar-refractivity contribution in [3.8, 4) is 0 Å². The van der Waals surface area contributed by atoms with E-state index in [0.717, 1.165) is 17.9 Å². The minimum atomic E-state index is -0.512. The fourth-order valence-electron chi connectivity index (χ4n) is 1.88. The quantitative estimate of drug-likeness (QED) is 0.842. The van der Waals surface area contributed by atoms with Crippen molar-refractivity contribution in [3.63, 3.8) is 0 Å². The van der Waals surface area contributed by atoms with Crippen LogP contribution in [0.3, 0.4) is 0 Å². The van der Waals surface area contributed by atoms with Gasteiger partial charge in [-0.2, -0.15) is 0 Å². The van der Waals surface area contributed by atoms with Crippen LogP contribution in [0.4, 0.5) is 8.78 Å². The van der Waals surface area contributed by atoms with Crippen molar-refractivity contribution in [1.29, 1.82) is 0 Å². The average Bonchev–Trinajstić information content (AvgIpc) is 2.69. The third-order valence-corrected chi connectivity index (χ3v) is 3.24. The van der Waals surface area contributed by atoms with Crippen molar-refractivity contribution in [2.75, 3.05) is 6.54 Å². The van der Waals surface area contributed by atoms with Crippen LogP contribution >= 0.6 is 0 Å². The van der Waals surface area contributed by atoms with Gasteiger partial charge < -0.3 is 9.88 Å². The number of hydrogen-bond donors (Lipinski definition) is 1. The summed E-state index contributed by atoms with van der Waals surface area (Å²) in [6.45, 7) is 5.49. The molecular formula is C14H17F2N3. The van der Waals surface area contributed by atoms with E-state index in [1.807, 2.05) is 18.4 Å². The van der Waals surface area contributed by atoms with Gasteiger partial charge in [-0.15, -0.1) is 0 Å². The van der Waals surface area contributed by atoms with Gasteiger partial charge in [0, 0.05) is 30.9 Å². The Balaban J connectivity index is 1.86. The van der Waals surface area contributed by atoms with Crippen LogP contribution in [0.25, 0.3) is 0 Å². The lowest BCUT2D eigenvalue weighted by atomic mass is 10.2. The molecule has 2 rings (SSSR count). The second-order valence-electron chi connectivity index (χ2n) is 4.49. The number of rotatable bonds is 5. The smallest absolute Gasteiger partial charge is 0.130 e. The lowest BCUT2D eigenvalue weighted by molar-refractivity contribution is 0.523. The van der Waals surface area contributed by atoms with E-state index >= 15 is 0 Å². The number of nitrogens with zero attached hydrogens (tertiary/aromatic N) is 2. The van der Waals surface area contributed by atoms with Crippen LogP contribution < -0.4 is 5.32 Å². The number of benzene rings is 1. The first-order valence-corrected chi connectivity index (χ1v) is 6.21. The number of nitrogens with one attached hydrogen (secondary N) is 1. The Morgan fingerprint density at radius 3 is 2.47 bits per heavy atom. The molecule has 0 radical (unpaired) electrons. The molecule has 0 spiro atoms. The Morgan fingerprint density at radius 2 is 1.89 bits per heavy atom. The van der Waals surface area contributed by atoms with Crippen molar-refractivity contribution < 1.29 is 8.78 Å². The van der Waals surface area contributed by atoms with E-state index in [2.05, 4.69) is 10.3 Å². The normalized spacial score (nSPS) is 10.9. The highest BCUT2D eigenvalue weighted by molar-refractivity contribution is 5.19. The Kier molecular flexibility index (Phi) is 4.27. The van der Waals surface area contributed by atoms with Gasteiger partial charge in [-0.25, -0.2) is 13.8 Å². The summed E-state index contributed by atoms with van der Waals surface area (Å²) >= 11 is 0. The fourth-order valence-corrected chi connectivity index (χ4v) is 1.88. The second kappa shape index (κ2) is 5.93. The second-order valence-corrected chi connectivity index (χ2v) is 4.49. The number of aryl methyl sites for hydroxylation is 1. The molecule has 1 heterocycles. The van der Waals surface area contributed by atoms with Gasteiger partial charge in [0.05, 0.1) is 12.0 Å². The zero-order chi connectivity index (χ0) is 13.8. The van der Waals surface area contributed by atoms with Crippen LogP contribution in [0.1, 0.15) is 17.0 Å². The Hall–Kier alpha value is -1.75. The molecule has 0 saturated heterocycles. The standard InChI is InChI=1S/C14H17F2N3/c1-10-11(2)19(9-18-10)7-6-17-8-12-13(15)4-3-5-14(12)16/h3-5,9,17H,6-8H2,1-2H3. The molecule has 0 aliphatic rings. The molecule has 5 heteroatoms. The number of halogens is 2. The molecule has 0 atom stereocenters. The highest BCUT2D eigenvalue weighted by atomic mass is 19.1. The Labute approximate surface area is 111 Å². The molecule has 3 nitrogen and oxygen atoms in total. The zero-order valence-corrected chi connectivity index (χ0v) is 11.1. The predicted molar refractivity (Wildman–Crippen MR) is 69.8 cm³/mol. The summed E-state index contributed by atoms with van der Waals surface area (Å²) < 4.78 is 28.8. The molecular weight excluding hydrogens is 248 g/mol. The lowest BCUT2D eigenvalue weighted by Crippen LogP contribution is -2.21. The average molecular weight is 265 g/mol. The van der Waals surface area contributed by atoms with E-state index in [1.165, 1.54) is 18.2 Å². The van der Waals surface area contributed by atoms with Gasteiger partial charge in [0.25, 0.3) is 0 Å². The van der Waals surface area contributed by atoms with Crippen LogP contribution in [0.5, 0.6) is 0 Å². The van der Waals surface area contributed by atoms with Crippen LogP contribution in [-0.4, -0.2) is 16.1 Å². The molecule has 0 amide bonds. The van der Waals surface area contributed by atoms with Gasteiger partial charge >= 0.3 is 0 Å². The topological polar surface area (TPSA) is 29.9 Å². The van der Waals surface area contributed by atoms with Crippen LogP contribution in [-0.2, 0) is 13.1 Å². The monoisotopic (exact) mass is 265 g/mol. The summed E-state index contributed by atoms with van der Waals surface area (Å²) in [4.78, 5) is 4.20. The van der Waals surface area contributed by atoms with Gasteiger partial charge in [-0.3, -0.25) is 0 Å². The molecule has 0 unspecified atom stereocenters. The van der Waals surface area contributed by atoms with Crippen LogP contribution in [0.15, 0.2) is 24.5 Å². The SMILES string of the molecule is Cc1ncn(CCNCc2c(F)cccc2F)c1C. The van der Waals surface area contributed by atoms with Crippen molar-refractivity contribution >= 4 is 0 Å². The van der Waals surface area contributed by atoms with E-state index in [0.29, 0.717) is 6.54 Å². The maximum Gasteiger partial charge on any atom is 0.130 e. The first-order valence-electron chi connectivity index (χ1n) is 6.21.